The number of anilines is 1. The SMILES string of the molecule is CCC(=O)Nc1ccc(S(=O)(=O)N2CCN=C2N2CCCCC2)cc1. The number of piperidine rings is 1. The summed E-state index contributed by atoms with van der Waals surface area (Å²) >= 11 is 0. The van der Waals surface area contributed by atoms with Crippen molar-refractivity contribution in [1.29, 1.82) is 0 Å². The Morgan fingerprint density at radius 2 is 1.80 bits per heavy atom. The number of hydrogen-bond donors (Lipinski definition) is 1. The van der Waals surface area contributed by atoms with Gasteiger partial charge in [0.2, 0.25) is 11.9 Å². The normalized spacial score (nSPS) is 18.2. The fraction of sp³-hybridized carbons (Fsp3) is 0.529. The zero-order chi connectivity index (χ0) is 17.9. The second-order valence-electron chi connectivity index (χ2n) is 6.23. The van der Waals surface area contributed by atoms with Gasteiger partial charge >= 0.3 is 0 Å². The highest BCUT2D eigenvalue weighted by molar-refractivity contribution is 7.89. The molecule has 0 saturated carbocycles. The van der Waals surface area contributed by atoms with E-state index in [1.54, 1.807) is 19.1 Å². The monoisotopic (exact) mass is 364 g/mol. The Morgan fingerprint density at radius 1 is 1.12 bits per heavy atom. The van der Waals surface area contributed by atoms with Gasteiger partial charge in [0.15, 0.2) is 0 Å². The lowest BCUT2D eigenvalue weighted by Gasteiger charge is -2.32. The van der Waals surface area contributed by atoms with Crippen LogP contribution in [0.15, 0.2) is 34.2 Å². The van der Waals surface area contributed by atoms with Crippen molar-refractivity contribution in [2.75, 3.05) is 31.5 Å². The number of aliphatic imine (C=N–C) groups is 1. The molecule has 1 aromatic rings. The Balaban J connectivity index is 1.78. The van der Waals surface area contributed by atoms with Crippen LogP contribution < -0.4 is 5.32 Å². The number of carbonyl (C=O) groups is 1. The molecule has 0 aliphatic carbocycles. The molecule has 136 valence electrons. The summed E-state index contributed by atoms with van der Waals surface area (Å²) in [5.74, 6) is 0.470. The number of guanidine groups is 1. The zero-order valence-electron chi connectivity index (χ0n) is 14.4. The van der Waals surface area contributed by atoms with E-state index >= 15 is 0 Å². The van der Waals surface area contributed by atoms with Gasteiger partial charge in [0.25, 0.3) is 10.0 Å². The number of nitrogens with one attached hydrogen (secondary N) is 1. The van der Waals surface area contributed by atoms with E-state index in [-0.39, 0.29) is 10.8 Å². The number of amides is 1. The average Bonchev–Trinajstić information content (AvgIpc) is 3.13. The molecular formula is C17H24N4O3S. The van der Waals surface area contributed by atoms with Crippen molar-refractivity contribution in [1.82, 2.24) is 9.21 Å². The minimum atomic E-state index is -3.64. The number of likely N-dealkylation sites (tertiary alicyclic amines) is 1. The minimum Gasteiger partial charge on any atom is -0.342 e. The Kier molecular flexibility index (Phi) is 5.27. The van der Waals surface area contributed by atoms with Crippen molar-refractivity contribution in [3.05, 3.63) is 24.3 Å². The fourth-order valence-electron chi connectivity index (χ4n) is 3.09. The first kappa shape index (κ1) is 17.7. The summed E-state index contributed by atoms with van der Waals surface area (Å²) in [5.41, 5.74) is 0.595. The van der Waals surface area contributed by atoms with E-state index in [9.17, 15) is 13.2 Å². The smallest absolute Gasteiger partial charge is 0.266 e. The maximum Gasteiger partial charge on any atom is 0.266 e. The van der Waals surface area contributed by atoms with E-state index in [1.165, 1.54) is 22.9 Å². The van der Waals surface area contributed by atoms with Gasteiger partial charge in [0.1, 0.15) is 0 Å². The van der Waals surface area contributed by atoms with Gasteiger partial charge in [-0.1, -0.05) is 6.92 Å². The Morgan fingerprint density at radius 3 is 2.44 bits per heavy atom. The average molecular weight is 364 g/mol. The molecule has 25 heavy (non-hydrogen) atoms. The van der Waals surface area contributed by atoms with Gasteiger partial charge in [-0.2, -0.15) is 0 Å². The highest BCUT2D eigenvalue weighted by atomic mass is 32.2. The predicted octanol–water partition coefficient (Wildman–Crippen LogP) is 1.88. The molecule has 0 atom stereocenters. The molecule has 0 bridgehead atoms. The summed E-state index contributed by atoms with van der Waals surface area (Å²) in [7, 11) is -3.64. The molecule has 3 rings (SSSR count). The standard InChI is InChI=1S/C17H24N4O3S/c1-2-16(22)19-14-6-8-15(9-7-14)25(23,24)21-13-10-18-17(21)20-11-4-3-5-12-20/h6-9H,2-5,10-13H2,1H3,(H,19,22). The van der Waals surface area contributed by atoms with Gasteiger partial charge in [-0.3, -0.25) is 9.79 Å². The molecule has 0 unspecified atom stereocenters. The Hall–Kier alpha value is -2.09. The predicted molar refractivity (Wildman–Crippen MR) is 97.0 cm³/mol. The van der Waals surface area contributed by atoms with Crippen LogP contribution in [-0.2, 0) is 14.8 Å². The zero-order valence-corrected chi connectivity index (χ0v) is 15.3. The first-order valence-electron chi connectivity index (χ1n) is 8.74. The van der Waals surface area contributed by atoms with Crippen LogP contribution in [0.25, 0.3) is 0 Å². The molecular weight excluding hydrogens is 340 g/mol. The van der Waals surface area contributed by atoms with Crippen LogP contribution in [0.1, 0.15) is 32.6 Å². The summed E-state index contributed by atoms with van der Waals surface area (Å²) in [4.78, 5) is 18.2. The molecule has 2 aliphatic heterocycles. The third kappa shape index (κ3) is 3.78. The molecule has 1 aromatic carbocycles. The molecule has 0 aromatic heterocycles. The summed E-state index contributed by atoms with van der Waals surface area (Å²) in [6.45, 7) is 4.35. The van der Waals surface area contributed by atoms with Gasteiger partial charge in [0, 0.05) is 25.2 Å². The molecule has 1 fully saturated rings. The lowest BCUT2D eigenvalue weighted by atomic mass is 10.1. The van der Waals surface area contributed by atoms with Gasteiger partial charge < -0.3 is 10.2 Å². The molecule has 0 radical (unpaired) electrons. The van der Waals surface area contributed by atoms with Crippen molar-refractivity contribution in [2.45, 2.75) is 37.5 Å². The van der Waals surface area contributed by atoms with E-state index in [0.717, 1.165) is 25.9 Å². The van der Waals surface area contributed by atoms with Crippen LogP contribution in [-0.4, -0.2) is 55.7 Å². The van der Waals surface area contributed by atoms with Crippen molar-refractivity contribution in [3.63, 3.8) is 0 Å². The van der Waals surface area contributed by atoms with Crippen LogP contribution in [0.3, 0.4) is 0 Å². The molecule has 2 heterocycles. The Bertz CT molecular complexity index is 753. The van der Waals surface area contributed by atoms with Crippen LogP contribution >= 0.6 is 0 Å². The van der Waals surface area contributed by atoms with E-state index in [1.807, 2.05) is 0 Å². The highest BCUT2D eigenvalue weighted by Crippen LogP contribution is 2.23. The highest BCUT2D eigenvalue weighted by Gasteiger charge is 2.34. The topological polar surface area (TPSA) is 82.1 Å². The molecule has 1 saturated heterocycles. The Labute approximate surface area is 148 Å². The quantitative estimate of drug-likeness (QED) is 0.884. The maximum absolute atomic E-state index is 13.0. The minimum absolute atomic E-state index is 0.102. The first-order chi connectivity index (χ1) is 12.0. The fourth-order valence-corrected chi connectivity index (χ4v) is 4.53. The summed E-state index contributed by atoms with van der Waals surface area (Å²) in [5, 5.41) is 2.72. The number of benzene rings is 1. The molecule has 0 spiro atoms. The van der Waals surface area contributed by atoms with Gasteiger partial charge in [-0.15, -0.1) is 0 Å². The first-order valence-corrected chi connectivity index (χ1v) is 10.2. The van der Waals surface area contributed by atoms with Crippen molar-refractivity contribution < 1.29 is 13.2 Å². The van der Waals surface area contributed by atoms with Gasteiger partial charge in [-0.25, -0.2) is 12.7 Å². The number of rotatable bonds is 4. The summed E-state index contributed by atoms with van der Waals surface area (Å²) in [6, 6.07) is 6.31. The summed E-state index contributed by atoms with van der Waals surface area (Å²) < 4.78 is 27.4. The van der Waals surface area contributed by atoms with E-state index < -0.39 is 10.0 Å². The number of nitrogens with zero attached hydrogens (tertiary/aromatic N) is 3. The van der Waals surface area contributed by atoms with Crippen LogP contribution in [0, 0.1) is 0 Å². The molecule has 1 amide bonds. The second kappa shape index (κ2) is 7.43. The third-order valence-electron chi connectivity index (χ3n) is 4.47. The number of hydrogen-bond acceptors (Lipinski definition) is 5. The van der Waals surface area contributed by atoms with Crippen LogP contribution in [0.5, 0.6) is 0 Å². The molecule has 1 N–H and O–H groups in total. The molecule has 8 heteroatoms. The lowest BCUT2D eigenvalue weighted by Crippen LogP contribution is -2.46. The van der Waals surface area contributed by atoms with Crippen molar-refractivity contribution >= 4 is 27.6 Å². The van der Waals surface area contributed by atoms with E-state index in [4.69, 9.17) is 0 Å². The maximum atomic E-state index is 13.0. The van der Waals surface area contributed by atoms with Crippen molar-refractivity contribution in [2.24, 2.45) is 4.99 Å². The lowest BCUT2D eigenvalue weighted by molar-refractivity contribution is -0.115. The largest absolute Gasteiger partial charge is 0.342 e. The number of sulfonamides is 1. The van der Waals surface area contributed by atoms with E-state index in [0.29, 0.717) is 31.2 Å². The third-order valence-corrected chi connectivity index (χ3v) is 6.26. The van der Waals surface area contributed by atoms with Crippen LogP contribution in [0.2, 0.25) is 0 Å². The second-order valence-corrected chi connectivity index (χ2v) is 8.10. The van der Waals surface area contributed by atoms with Gasteiger partial charge in [-0.05, 0) is 43.5 Å². The molecule has 7 nitrogen and oxygen atoms in total. The van der Waals surface area contributed by atoms with Crippen LogP contribution in [0.4, 0.5) is 5.69 Å². The molecule has 2 aliphatic rings. The number of carbonyl (C=O) groups excluding carboxylic acids is 1. The summed E-state index contributed by atoms with van der Waals surface area (Å²) in [6.07, 6.45) is 3.70. The van der Waals surface area contributed by atoms with Crippen molar-refractivity contribution in [3.8, 4) is 0 Å². The van der Waals surface area contributed by atoms with Gasteiger partial charge in [0.05, 0.1) is 18.0 Å². The van der Waals surface area contributed by atoms with E-state index in [2.05, 4.69) is 15.2 Å².